The highest BCUT2D eigenvalue weighted by atomic mass is 16.5. The molecule has 0 radical (unpaired) electrons. The molecule has 0 saturated heterocycles. The zero-order valence-electron chi connectivity index (χ0n) is 10.3. The van der Waals surface area contributed by atoms with Crippen molar-refractivity contribution in [1.29, 1.82) is 0 Å². The molecule has 1 aromatic carbocycles. The van der Waals surface area contributed by atoms with E-state index < -0.39 is 0 Å². The molecule has 2 rings (SSSR count). The number of aromatic nitrogens is 2. The van der Waals surface area contributed by atoms with Crippen LogP contribution in [-0.2, 0) is 0 Å². The van der Waals surface area contributed by atoms with Gasteiger partial charge in [-0.3, -0.25) is 0 Å². The van der Waals surface area contributed by atoms with Gasteiger partial charge in [0.1, 0.15) is 12.4 Å². The molecule has 3 N–H and O–H groups in total. The van der Waals surface area contributed by atoms with E-state index in [9.17, 15) is 0 Å². The number of aryl methyl sites for hydroxylation is 1. The predicted octanol–water partition coefficient (Wildman–Crippen LogP) is 1.86. The van der Waals surface area contributed by atoms with Gasteiger partial charge in [0.2, 0.25) is 5.95 Å². The molecule has 0 spiro atoms. The summed E-state index contributed by atoms with van der Waals surface area (Å²) in [6, 6.07) is 9.28. The van der Waals surface area contributed by atoms with Crippen molar-refractivity contribution in [2.24, 2.45) is 0 Å². The quantitative estimate of drug-likeness (QED) is 0.620. The van der Waals surface area contributed by atoms with Crippen molar-refractivity contribution in [3.63, 3.8) is 0 Å². The monoisotopic (exact) mass is 244 g/mol. The Hall–Kier alpha value is -2.30. The Labute approximate surface area is 106 Å². The molecule has 18 heavy (non-hydrogen) atoms. The Morgan fingerprint density at radius 1 is 1.28 bits per heavy atom. The average molecular weight is 244 g/mol. The first kappa shape index (κ1) is 12.2. The van der Waals surface area contributed by atoms with E-state index in [1.807, 2.05) is 37.3 Å². The molecule has 0 saturated carbocycles. The van der Waals surface area contributed by atoms with Crippen molar-refractivity contribution in [1.82, 2.24) is 9.97 Å². The van der Waals surface area contributed by atoms with Gasteiger partial charge in [-0.15, -0.1) is 0 Å². The predicted molar refractivity (Wildman–Crippen MR) is 71.6 cm³/mol. The summed E-state index contributed by atoms with van der Waals surface area (Å²) in [4.78, 5) is 8.33. The minimum Gasteiger partial charge on any atom is -0.490 e. The third-order valence-electron chi connectivity index (χ3n) is 2.36. The van der Waals surface area contributed by atoms with E-state index in [4.69, 9.17) is 10.5 Å². The number of nitrogens with two attached hydrogens (primary N) is 1. The van der Waals surface area contributed by atoms with Crippen molar-refractivity contribution < 1.29 is 4.74 Å². The van der Waals surface area contributed by atoms with Crippen LogP contribution < -0.4 is 15.8 Å². The summed E-state index contributed by atoms with van der Waals surface area (Å²) < 4.78 is 5.55. The molecule has 0 unspecified atom stereocenters. The molecule has 1 aromatic heterocycles. The normalized spacial score (nSPS) is 10.1. The van der Waals surface area contributed by atoms with E-state index in [2.05, 4.69) is 15.3 Å². The van der Waals surface area contributed by atoms with Gasteiger partial charge in [0, 0.05) is 11.9 Å². The Bertz CT molecular complexity index is 516. The Kier molecular flexibility index (Phi) is 3.96. The smallest absolute Gasteiger partial charge is 0.222 e. The molecular weight excluding hydrogens is 228 g/mol. The van der Waals surface area contributed by atoms with Gasteiger partial charge < -0.3 is 15.8 Å². The number of para-hydroxylation sites is 2. The lowest BCUT2D eigenvalue weighted by atomic mass is 10.3. The van der Waals surface area contributed by atoms with Crippen LogP contribution in [0.2, 0.25) is 0 Å². The van der Waals surface area contributed by atoms with Crippen molar-refractivity contribution in [2.75, 3.05) is 24.2 Å². The molecule has 0 atom stereocenters. The summed E-state index contributed by atoms with van der Waals surface area (Å²) in [6.45, 7) is 3.05. The number of benzene rings is 1. The molecule has 94 valence electrons. The highest BCUT2D eigenvalue weighted by Crippen LogP contribution is 2.19. The van der Waals surface area contributed by atoms with Crippen LogP contribution in [0.1, 0.15) is 5.69 Å². The number of rotatable bonds is 5. The summed E-state index contributed by atoms with van der Waals surface area (Å²) in [6.07, 6.45) is 1.72. The highest BCUT2D eigenvalue weighted by Gasteiger charge is 1.99. The molecule has 0 aliphatic rings. The van der Waals surface area contributed by atoms with Gasteiger partial charge in [-0.2, -0.15) is 0 Å². The molecule has 0 amide bonds. The Morgan fingerprint density at radius 3 is 2.89 bits per heavy atom. The lowest BCUT2D eigenvalue weighted by Gasteiger charge is -2.09. The summed E-state index contributed by atoms with van der Waals surface area (Å²) in [5.41, 5.74) is 7.34. The molecule has 5 heteroatoms. The average Bonchev–Trinajstić information content (AvgIpc) is 2.37. The Balaban J connectivity index is 1.78. The molecule has 2 aromatic rings. The molecule has 0 aliphatic heterocycles. The summed E-state index contributed by atoms with van der Waals surface area (Å²) >= 11 is 0. The van der Waals surface area contributed by atoms with Crippen LogP contribution in [-0.4, -0.2) is 23.1 Å². The van der Waals surface area contributed by atoms with E-state index in [1.54, 1.807) is 6.20 Å². The number of ether oxygens (including phenoxy) is 1. The SMILES string of the molecule is Cc1ccnc(NCCOc2ccccc2N)n1. The minimum absolute atomic E-state index is 0.505. The Morgan fingerprint density at radius 2 is 2.11 bits per heavy atom. The third kappa shape index (κ3) is 3.35. The molecule has 0 fully saturated rings. The zero-order valence-corrected chi connectivity index (χ0v) is 10.3. The van der Waals surface area contributed by atoms with E-state index in [0.717, 1.165) is 5.69 Å². The van der Waals surface area contributed by atoms with Crippen molar-refractivity contribution in [3.8, 4) is 5.75 Å². The van der Waals surface area contributed by atoms with Crippen LogP contribution in [0.15, 0.2) is 36.5 Å². The van der Waals surface area contributed by atoms with Crippen molar-refractivity contribution >= 4 is 11.6 Å². The second kappa shape index (κ2) is 5.86. The topological polar surface area (TPSA) is 73.1 Å². The number of nitrogens with zero attached hydrogens (tertiary/aromatic N) is 2. The maximum Gasteiger partial charge on any atom is 0.222 e. The van der Waals surface area contributed by atoms with Crippen LogP contribution in [0.4, 0.5) is 11.6 Å². The lowest BCUT2D eigenvalue weighted by molar-refractivity contribution is 0.334. The van der Waals surface area contributed by atoms with E-state index >= 15 is 0 Å². The minimum atomic E-state index is 0.505. The first-order chi connectivity index (χ1) is 8.75. The van der Waals surface area contributed by atoms with Crippen LogP contribution in [0.3, 0.4) is 0 Å². The second-order valence-electron chi connectivity index (χ2n) is 3.83. The molecule has 0 aliphatic carbocycles. The fourth-order valence-electron chi connectivity index (χ4n) is 1.47. The standard InChI is InChI=1S/C13H16N4O/c1-10-6-7-15-13(17-10)16-8-9-18-12-5-3-2-4-11(12)14/h2-7H,8-9,14H2,1H3,(H,15,16,17). The first-order valence-electron chi connectivity index (χ1n) is 5.76. The molecule has 1 heterocycles. The van der Waals surface area contributed by atoms with Gasteiger partial charge in [-0.1, -0.05) is 12.1 Å². The zero-order chi connectivity index (χ0) is 12.8. The summed E-state index contributed by atoms with van der Waals surface area (Å²) in [5.74, 6) is 1.31. The van der Waals surface area contributed by atoms with Gasteiger partial charge >= 0.3 is 0 Å². The van der Waals surface area contributed by atoms with Gasteiger partial charge in [0.15, 0.2) is 0 Å². The molecular formula is C13H16N4O. The molecule has 5 nitrogen and oxygen atoms in total. The second-order valence-corrected chi connectivity index (χ2v) is 3.83. The van der Waals surface area contributed by atoms with Crippen LogP contribution in [0, 0.1) is 6.92 Å². The van der Waals surface area contributed by atoms with Crippen LogP contribution >= 0.6 is 0 Å². The fourth-order valence-corrected chi connectivity index (χ4v) is 1.47. The van der Waals surface area contributed by atoms with E-state index in [-0.39, 0.29) is 0 Å². The number of anilines is 2. The van der Waals surface area contributed by atoms with Crippen molar-refractivity contribution in [2.45, 2.75) is 6.92 Å². The van der Waals surface area contributed by atoms with Crippen LogP contribution in [0.25, 0.3) is 0 Å². The summed E-state index contributed by atoms with van der Waals surface area (Å²) in [7, 11) is 0. The largest absolute Gasteiger partial charge is 0.490 e. The summed E-state index contributed by atoms with van der Waals surface area (Å²) in [5, 5.41) is 3.09. The highest BCUT2D eigenvalue weighted by molar-refractivity contribution is 5.51. The maximum atomic E-state index is 5.76. The van der Waals surface area contributed by atoms with E-state index in [1.165, 1.54) is 0 Å². The lowest BCUT2D eigenvalue weighted by Crippen LogP contribution is -2.14. The van der Waals surface area contributed by atoms with Gasteiger partial charge in [0.05, 0.1) is 12.2 Å². The number of hydrogen-bond acceptors (Lipinski definition) is 5. The van der Waals surface area contributed by atoms with Crippen LogP contribution in [0.5, 0.6) is 5.75 Å². The van der Waals surface area contributed by atoms with Crippen molar-refractivity contribution in [3.05, 3.63) is 42.2 Å². The van der Waals surface area contributed by atoms with Gasteiger partial charge in [-0.05, 0) is 25.1 Å². The van der Waals surface area contributed by atoms with Gasteiger partial charge in [-0.25, -0.2) is 9.97 Å². The number of nitrogens with one attached hydrogen (secondary N) is 1. The number of hydrogen-bond donors (Lipinski definition) is 2. The first-order valence-corrected chi connectivity index (χ1v) is 5.76. The fraction of sp³-hybridized carbons (Fsp3) is 0.231. The molecule has 0 bridgehead atoms. The number of nitrogen functional groups attached to an aromatic ring is 1. The van der Waals surface area contributed by atoms with Gasteiger partial charge in [0.25, 0.3) is 0 Å². The van der Waals surface area contributed by atoms with E-state index in [0.29, 0.717) is 30.5 Å². The third-order valence-corrected chi connectivity index (χ3v) is 2.36. The maximum absolute atomic E-state index is 5.76.